The number of hydrogen-bond acceptors (Lipinski definition) is 6. The van der Waals surface area contributed by atoms with Crippen LogP contribution in [0.2, 0.25) is 0 Å². The molecule has 1 fully saturated rings. The molecule has 5 rings (SSSR count). The summed E-state index contributed by atoms with van der Waals surface area (Å²) in [4.78, 5) is 9.20. The molecule has 3 aromatic rings. The lowest BCUT2D eigenvalue weighted by Crippen LogP contribution is -2.49. The van der Waals surface area contributed by atoms with Crippen molar-refractivity contribution in [2.45, 2.75) is 25.4 Å². The maximum absolute atomic E-state index is 13.5. The molecule has 2 aromatic carbocycles. The number of rotatable bonds is 5. The van der Waals surface area contributed by atoms with Crippen molar-refractivity contribution < 1.29 is 14.2 Å². The summed E-state index contributed by atoms with van der Waals surface area (Å²) in [5, 5.41) is 14.4. The van der Waals surface area contributed by atoms with E-state index in [4.69, 9.17) is 9.73 Å². The van der Waals surface area contributed by atoms with Crippen molar-refractivity contribution in [1.29, 1.82) is 0 Å². The van der Waals surface area contributed by atoms with E-state index in [1.165, 1.54) is 12.1 Å². The number of methoxy groups -OCH3 is 1. The molecule has 1 saturated heterocycles. The van der Waals surface area contributed by atoms with Crippen molar-refractivity contribution in [3.63, 3.8) is 0 Å². The number of aliphatic hydroxyl groups is 1. The van der Waals surface area contributed by atoms with Crippen molar-refractivity contribution in [2.75, 3.05) is 27.3 Å². The van der Waals surface area contributed by atoms with Gasteiger partial charge in [-0.05, 0) is 60.4 Å². The van der Waals surface area contributed by atoms with E-state index in [1.54, 1.807) is 25.6 Å². The van der Waals surface area contributed by atoms with Gasteiger partial charge in [0.05, 0.1) is 37.5 Å². The molecule has 2 unspecified atom stereocenters. The standard InChI is InChI=1S/C26H28FN5O2/c1-17-14-31(16-28-17)23-9-4-18(13-24(23)34-3)12-20-10-11-30(2)32-25(22(15-33)29-26(20)32)19-5-7-21(27)8-6-19/h4-9,12-14,16,22,25,33H,10-11,15H2,1-3H3/b20-12+. The van der Waals surface area contributed by atoms with E-state index >= 15 is 0 Å². The topological polar surface area (TPSA) is 66.1 Å². The molecule has 2 aliphatic rings. The third-order valence-electron chi connectivity index (χ3n) is 6.43. The van der Waals surface area contributed by atoms with Crippen molar-refractivity contribution in [2.24, 2.45) is 4.99 Å². The van der Waals surface area contributed by atoms with Gasteiger partial charge in [-0.2, -0.15) is 0 Å². The van der Waals surface area contributed by atoms with Crippen LogP contribution in [0.4, 0.5) is 4.39 Å². The average molecular weight is 462 g/mol. The second-order valence-electron chi connectivity index (χ2n) is 8.70. The lowest BCUT2D eigenvalue weighted by atomic mass is 9.99. The number of hydrazine groups is 1. The van der Waals surface area contributed by atoms with Gasteiger partial charge in [0.15, 0.2) is 0 Å². The van der Waals surface area contributed by atoms with Crippen molar-refractivity contribution in [3.05, 3.63) is 83.2 Å². The van der Waals surface area contributed by atoms with E-state index < -0.39 is 0 Å². The minimum atomic E-state index is -0.328. The zero-order chi connectivity index (χ0) is 23.8. The number of halogens is 1. The van der Waals surface area contributed by atoms with E-state index in [0.29, 0.717) is 0 Å². The van der Waals surface area contributed by atoms with E-state index in [2.05, 4.69) is 27.1 Å². The monoisotopic (exact) mass is 461 g/mol. The fourth-order valence-electron chi connectivity index (χ4n) is 4.74. The highest BCUT2D eigenvalue weighted by atomic mass is 19.1. The number of aliphatic hydroxyl groups excluding tert-OH is 1. The normalized spacial score (nSPS) is 21.6. The lowest BCUT2D eigenvalue weighted by Gasteiger charge is -2.41. The Morgan fingerprint density at radius 3 is 2.68 bits per heavy atom. The Kier molecular flexibility index (Phi) is 5.93. The summed E-state index contributed by atoms with van der Waals surface area (Å²) in [5.41, 5.74) is 4.88. The van der Waals surface area contributed by atoms with Crippen LogP contribution >= 0.6 is 0 Å². The fourth-order valence-corrected chi connectivity index (χ4v) is 4.74. The molecule has 3 heterocycles. The van der Waals surface area contributed by atoms with E-state index in [-0.39, 0.29) is 24.5 Å². The summed E-state index contributed by atoms with van der Waals surface area (Å²) in [7, 11) is 3.69. The van der Waals surface area contributed by atoms with Gasteiger partial charge in [0.1, 0.15) is 23.4 Å². The van der Waals surface area contributed by atoms with Gasteiger partial charge in [0, 0.05) is 19.8 Å². The van der Waals surface area contributed by atoms with Gasteiger partial charge in [0.2, 0.25) is 0 Å². The van der Waals surface area contributed by atoms with Gasteiger partial charge in [0.25, 0.3) is 0 Å². The Morgan fingerprint density at radius 2 is 2.00 bits per heavy atom. The SMILES string of the molecule is COc1cc(/C=C2\CCN(C)N3C2=NC(CO)C3c2ccc(F)cc2)ccc1-n1cnc(C)c1. The van der Waals surface area contributed by atoms with Crippen LogP contribution in [0.1, 0.15) is 29.3 Å². The van der Waals surface area contributed by atoms with Crippen molar-refractivity contribution in [3.8, 4) is 11.4 Å². The molecule has 8 heteroatoms. The molecular weight excluding hydrogens is 433 g/mol. The summed E-state index contributed by atoms with van der Waals surface area (Å²) >= 11 is 0. The molecule has 2 aliphatic heterocycles. The number of ether oxygens (including phenoxy) is 1. The lowest BCUT2D eigenvalue weighted by molar-refractivity contribution is 0.0240. The zero-order valence-corrected chi connectivity index (χ0v) is 19.5. The molecule has 1 aromatic heterocycles. The number of aryl methyl sites for hydroxylation is 1. The van der Waals surface area contributed by atoms with Crippen LogP contribution in [0.15, 0.2) is 65.6 Å². The summed E-state index contributed by atoms with van der Waals surface area (Å²) < 4.78 is 21.2. The van der Waals surface area contributed by atoms with Crippen LogP contribution in [0.3, 0.4) is 0 Å². The molecule has 0 saturated carbocycles. The summed E-state index contributed by atoms with van der Waals surface area (Å²) in [6.07, 6.45) is 6.69. The van der Waals surface area contributed by atoms with E-state index in [9.17, 15) is 9.50 Å². The second-order valence-corrected chi connectivity index (χ2v) is 8.70. The predicted molar refractivity (Wildman–Crippen MR) is 129 cm³/mol. The maximum atomic E-state index is 13.5. The third kappa shape index (κ3) is 3.99. The number of aromatic nitrogens is 2. The van der Waals surface area contributed by atoms with Gasteiger partial charge in [-0.15, -0.1) is 0 Å². The van der Waals surface area contributed by atoms with Crippen LogP contribution in [-0.4, -0.2) is 63.9 Å². The smallest absolute Gasteiger partial charge is 0.143 e. The highest BCUT2D eigenvalue weighted by molar-refractivity contribution is 6.04. The number of hydrogen-bond donors (Lipinski definition) is 1. The number of benzene rings is 2. The van der Waals surface area contributed by atoms with Gasteiger partial charge in [-0.25, -0.2) is 14.4 Å². The number of fused-ring (bicyclic) bond motifs is 1. The molecule has 0 bridgehead atoms. The molecule has 2 atom stereocenters. The Labute approximate surface area is 198 Å². The first-order chi connectivity index (χ1) is 16.5. The Hall–Kier alpha value is -3.49. The molecule has 176 valence electrons. The molecule has 0 aliphatic carbocycles. The molecule has 0 radical (unpaired) electrons. The van der Waals surface area contributed by atoms with Crippen LogP contribution in [0, 0.1) is 12.7 Å². The van der Waals surface area contributed by atoms with E-state index in [0.717, 1.165) is 52.6 Å². The summed E-state index contributed by atoms with van der Waals surface area (Å²) in [6.45, 7) is 2.68. The number of amidine groups is 1. The highest BCUT2D eigenvalue weighted by Crippen LogP contribution is 2.38. The van der Waals surface area contributed by atoms with E-state index in [1.807, 2.05) is 36.9 Å². The maximum Gasteiger partial charge on any atom is 0.143 e. The fraction of sp³-hybridized carbons (Fsp3) is 0.308. The van der Waals surface area contributed by atoms with Crippen LogP contribution in [-0.2, 0) is 0 Å². The molecule has 7 nitrogen and oxygen atoms in total. The molecule has 0 amide bonds. The Balaban J connectivity index is 1.50. The van der Waals surface area contributed by atoms with Crippen LogP contribution in [0.25, 0.3) is 11.8 Å². The van der Waals surface area contributed by atoms with Crippen molar-refractivity contribution >= 4 is 11.9 Å². The zero-order valence-electron chi connectivity index (χ0n) is 19.5. The third-order valence-corrected chi connectivity index (χ3v) is 6.43. The van der Waals surface area contributed by atoms with Gasteiger partial charge in [-0.1, -0.05) is 18.2 Å². The quantitative estimate of drug-likeness (QED) is 0.627. The first-order valence-corrected chi connectivity index (χ1v) is 11.3. The number of nitrogens with zero attached hydrogens (tertiary/aromatic N) is 5. The average Bonchev–Trinajstić information content (AvgIpc) is 3.45. The minimum Gasteiger partial charge on any atom is -0.495 e. The number of aliphatic imine (C=N–C) groups is 1. The van der Waals surface area contributed by atoms with Gasteiger partial charge >= 0.3 is 0 Å². The first kappa shape index (κ1) is 22.3. The highest BCUT2D eigenvalue weighted by Gasteiger charge is 2.42. The van der Waals surface area contributed by atoms with Crippen LogP contribution < -0.4 is 4.74 Å². The summed E-state index contributed by atoms with van der Waals surface area (Å²) in [5.74, 6) is 1.32. The molecule has 1 N–H and O–H groups in total. The predicted octanol–water partition coefficient (Wildman–Crippen LogP) is 3.78. The first-order valence-electron chi connectivity index (χ1n) is 11.3. The van der Waals surface area contributed by atoms with Crippen molar-refractivity contribution in [1.82, 2.24) is 19.6 Å². The van der Waals surface area contributed by atoms with Crippen LogP contribution in [0.5, 0.6) is 5.75 Å². The Bertz CT molecular complexity index is 1250. The largest absolute Gasteiger partial charge is 0.495 e. The molecule has 34 heavy (non-hydrogen) atoms. The van der Waals surface area contributed by atoms with Gasteiger partial charge in [-0.3, -0.25) is 10.0 Å². The Morgan fingerprint density at radius 1 is 1.21 bits per heavy atom. The summed E-state index contributed by atoms with van der Waals surface area (Å²) in [6, 6.07) is 12.0. The van der Waals surface area contributed by atoms with Gasteiger partial charge < -0.3 is 14.4 Å². The molecule has 0 spiro atoms. The number of imidazole rings is 1. The minimum absolute atomic E-state index is 0.0873. The second kappa shape index (κ2) is 9.04. The molecular formula is C26H28FN5O2.